The van der Waals surface area contributed by atoms with Gasteiger partial charge in [-0.1, -0.05) is 56.0 Å². The van der Waals surface area contributed by atoms with Crippen molar-refractivity contribution in [2.75, 3.05) is 23.0 Å². The normalized spacial score (nSPS) is 20.4. The second-order valence-electron chi connectivity index (χ2n) is 9.48. The van der Waals surface area contributed by atoms with Crippen LogP contribution >= 0.6 is 11.8 Å². The Bertz CT molecular complexity index is 1300. The molecule has 3 aromatic carbocycles. The van der Waals surface area contributed by atoms with Gasteiger partial charge in [0.15, 0.2) is 6.29 Å². The molecule has 4 atom stereocenters. The molecule has 0 spiro atoms. The summed E-state index contributed by atoms with van der Waals surface area (Å²) in [7, 11) is 0. The summed E-state index contributed by atoms with van der Waals surface area (Å²) >= 11 is 1.67. The molecule has 3 aromatic rings. The fourth-order valence-electron chi connectivity index (χ4n) is 4.38. The van der Waals surface area contributed by atoms with Crippen LogP contribution in [-0.4, -0.2) is 35.6 Å². The number of carbonyl (C=O) groups is 2. The number of hydrogen-bond donors (Lipinski definition) is 3. The Morgan fingerprint density at radius 1 is 1.00 bits per heavy atom. The molecule has 0 aliphatic carbocycles. The Balaban J connectivity index is 1.54. The minimum absolute atomic E-state index is 0.0255. The van der Waals surface area contributed by atoms with E-state index in [4.69, 9.17) is 14.2 Å². The van der Waals surface area contributed by atoms with E-state index in [0.29, 0.717) is 11.4 Å². The summed E-state index contributed by atoms with van der Waals surface area (Å²) in [6, 6.07) is 22.8. The van der Waals surface area contributed by atoms with Crippen molar-refractivity contribution in [2.45, 2.75) is 43.8 Å². The van der Waals surface area contributed by atoms with Crippen molar-refractivity contribution < 1.29 is 28.9 Å². The first-order valence-electron chi connectivity index (χ1n) is 13.0. The van der Waals surface area contributed by atoms with Gasteiger partial charge in [-0.2, -0.15) is 0 Å². The molecule has 0 saturated carbocycles. The Labute approximate surface area is 238 Å². The van der Waals surface area contributed by atoms with Gasteiger partial charge >= 0.3 is 6.09 Å². The van der Waals surface area contributed by atoms with Crippen molar-refractivity contribution in [1.29, 1.82) is 0 Å². The molecule has 210 valence electrons. The highest BCUT2D eigenvalue weighted by molar-refractivity contribution is 7.99. The number of benzene rings is 3. The van der Waals surface area contributed by atoms with Gasteiger partial charge in [0.05, 0.1) is 18.8 Å². The summed E-state index contributed by atoms with van der Waals surface area (Å²) in [5.41, 5.74) is 3.90. The van der Waals surface area contributed by atoms with Crippen molar-refractivity contribution in [2.24, 2.45) is 5.92 Å². The molecule has 0 radical (unpaired) electrons. The standard InChI is InChI=1S/C31H34N2O6S/c1-4-16-37-31(36)33-26-7-5-6-24(17-26)30-38-28(19-40-27-14-12-25(13-15-27)32-21(3)35)20(2)29(39-30)23-10-8-22(18-34)9-11-23/h4-15,17,20,28-30,34H,1,16,18-19H2,2-3H3,(H,32,35)(H,33,36)/t20-,28+,29+,30+/m0/s1. The summed E-state index contributed by atoms with van der Waals surface area (Å²) in [6.45, 7) is 7.23. The largest absolute Gasteiger partial charge is 0.445 e. The average Bonchev–Trinajstić information content (AvgIpc) is 2.96. The Kier molecular flexibility index (Phi) is 10.4. The third-order valence-corrected chi connectivity index (χ3v) is 7.55. The van der Waals surface area contributed by atoms with E-state index in [1.165, 1.54) is 13.0 Å². The Hall–Kier alpha value is -3.63. The number of ether oxygens (including phenoxy) is 3. The van der Waals surface area contributed by atoms with E-state index in [2.05, 4.69) is 24.1 Å². The van der Waals surface area contributed by atoms with Gasteiger partial charge in [-0.25, -0.2) is 4.79 Å². The minimum Gasteiger partial charge on any atom is -0.445 e. The van der Waals surface area contributed by atoms with Crippen molar-refractivity contribution >= 4 is 35.1 Å². The molecular weight excluding hydrogens is 528 g/mol. The lowest BCUT2D eigenvalue weighted by Crippen LogP contribution is -2.38. The number of amides is 2. The van der Waals surface area contributed by atoms with Crippen molar-refractivity contribution in [1.82, 2.24) is 0 Å². The first-order chi connectivity index (χ1) is 19.4. The molecule has 3 N–H and O–H groups in total. The second-order valence-corrected chi connectivity index (χ2v) is 10.6. The van der Waals surface area contributed by atoms with Crippen LogP contribution < -0.4 is 10.6 Å². The van der Waals surface area contributed by atoms with Crippen LogP contribution in [0.3, 0.4) is 0 Å². The SMILES string of the molecule is C=CCOC(=O)Nc1cccc([C@@H]2O[C@H](CSc3ccc(NC(C)=O)cc3)[C@H](C)[C@H](c3ccc(CO)cc3)O2)c1. The van der Waals surface area contributed by atoms with E-state index in [1.54, 1.807) is 17.8 Å². The number of hydrogen-bond acceptors (Lipinski definition) is 7. The molecule has 1 heterocycles. The third-order valence-electron chi connectivity index (χ3n) is 6.45. The number of anilines is 2. The lowest BCUT2D eigenvalue weighted by molar-refractivity contribution is -0.268. The molecule has 40 heavy (non-hydrogen) atoms. The van der Waals surface area contributed by atoms with E-state index < -0.39 is 12.4 Å². The Morgan fingerprint density at radius 3 is 2.42 bits per heavy atom. The molecule has 1 aliphatic heterocycles. The number of nitrogens with one attached hydrogen (secondary N) is 2. The number of aliphatic hydroxyl groups excluding tert-OH is 1. The van der Waals surface area contributed by atoms with Crippen LogP contribution in [0.4, 0.5) is 16.2 Å². The smallest absolute Gasteiger partial charge is 0.411 e. The van der Waals surface area contributed by atoms with Gasteiger partial charge in [0, 0.05) is 40.4 Å². The van der Waals surface area contributed by atoms with E-state index >= 15 is 0 Å². The van der Waals surface area contributed by atoms with Crippen LogP contribution in [0, 0.1) is 5.92 Å². The van der Waals surface area contributed by atoms with Gasteiger partial charge < -0.3 is 24.6 Å². The summed E-state index contributed by atoms with van der Waals surface area (Å²) in [5.74, 6) is 0.594. The van der Waals surface area contributed by atoms with Crippen LogP contribution in [0.2, 0.25) is 0 Å². The van der Waals surface area contributed by atoms with E-state index in [0.717, 1.165) is 27.3 Å². The zero-order valence-electron chi connectivity index (χ0n) is 22.5. The number of thioether (sulfide) groups is 1. The van der Waals surface area contributed by atoms with Crippen molar-refractivity contribution in [3.63, 3.8) is 0 Å². The number of carbonyl (C=O) groups excluding carboxylic acids is 2. The van der Waals surface area contributed by atoms with Crippen LogP contribution in [0.15, 0.2) is 90.3 Å². The maximum absolute atomic E-state index is 12.1. The summed E-state index contributed by atoms with van der Waals surface area (Å²) in [6.07, 6.45) is -0.151. The predicted octanol–water partition coefficient (Wildman–Crippen LogP) is 6.46. The Morgan fingerprint density at radius 2 is 1.75 bits per heavy atom. The molecule has 2 amide bonds. The second kappa shape index (κ2) is 14.1. The highest BCUT2D eigenvalue weighted by Crippen LogP contribution is 2.43. The molecule has 1 aliphatic rings. The number of aliphatic hydroxyl groups is 1. The molecule has 0 bridgehead atoms. The molecular formula is C31H34N2O6S. The van der Waals surface area contributed by atoms with Gasteiger partial charge in [0.1, 0.15) is 6.61 Å². The monoisotopic (exact) mass is 562 g/mol. The predicted molar refractivity (Wildman–Crippen MR) is 156 cm³/mol. The van der Waals surface area contributed by atoms with Gasteiger partial charge in [0.2, 0.25) is 5.91 Å². The van der Waals surface area contributed by atoms with E-state index in [-0.39, 0.29) is 37.2 Å². The van der Waals surface area contributed by atoms with Gasteiger partial charge in [-0.05, 0) is 47.5 Å². The van der Waals surface area contributed by atoms with Crippen molar-refractivity contribution in [3.05, 3.63) is 102 Å². The zero-order valence-corrected chi connectivity index (χ0v) is 23.4. The molecule has 9 heteroatoms. The maximum atomic E-state index is 12.1. The zero-order chi connectivity index (χ0) is 28.5. The summed E-state index contributed by atoms with van der Waals surface area (Å²) in [4.78, 5) is 24.4. The van der Waals surface area contributed by atoms with Crippen molar-refractivity contribution in [3.8, 4) is 0 Å². The molecule has 1 fully saturated rings. The lowest BCUT2D eigenvalue weighted by Gasteiger charge is -2.41. The first kappa shape index (κ1) is 29.4. The van der Waals surface area contributed by atoms with Gasteiger partial charge in [-0.15, -0.1) is 11.8 Å². The quantitative estimate of drug-likeness (QED) is 0.192. The number of rotatable bonds is 10. The fourth-order valence-corrected chi connectivity index (χ4v) is 5.44. The molecule has 1 saturated heterocycles. The maximum Gasteiger partial charge on any atom is 0.411 e. The first-order valence-corrected chi connectivity index (χ1v) is 14.0. The minimum atomic E-state index is -0.669. The van der Waals surface area contributed by atoms with E-state index in [9.17, 15) is 14.7 Å². The highest BCUT2D eigenvalue weighted by atomic mass is 32.2. The van der Waals surface area contributed by atoms with Crippen LogP contribution in [-0.2, 0) is 25.6 Å². The van der Waals surface area contributed by atoms with Gasteiger partial charge in [-0.3, -0.25) is 10.1 Å². The lowest BCUT2D eigenvalue weighted by atomic mass is 9.91. The fraction of sp³-hybridized carbons (Fsp3) is 0.290. The molecule has 8 nitrogen and oxygen atoms in total. The topological polar surface area (TPSA) is 106 Å². The van der Waals surface area contributed by atoms with Crippen LogP contribution in [0.5, 0.6) is 0 Å². The third kappa shape index (κ3) is 7.95. The van der Waals surface area contributed by atoms with E-state index in [1.807, 2.05) is 66.7 Å². The molecule has 4 rings (SSSR count). The summed E-state index contributed by atoms with van der Waals surface area (Å²) in [5, 5.41) is 15.0. The highest BCUT2D eigenvalue weighted by Gasteiger charge is 2.38. The summed E-state index contributed by atoms with van der Waals surface area (Å²) < 4.78 is 18.1. The molecule has 0 aromatic heterocycles. The molecule has 0 unspecified atom stereocenters. The van der Waals surface area contributed by atoms with Gasteiger partial charge in [0.25, 0.3) is 0 Å². The van der Waals surface area contributed by atoms with Crippen LogP contribution in [0.25, 0.3) is 0 Å². The van der Waals surface area contributed by atoms with Crippen LogP contribution in [0.1, 0.15) is 42.9 Å². The average molecular weight is 563 g/mol.